The van der Waals surface area contributed by atoms with Gasteiger partial charge in [0.1, 0.15) is 0 Å². The first-order chi connectivity index (χ1) is 41.9. The van der Waals surface area contributed by atoms with Crippen LogP contribution in [0.1, 0.15) is 52.7 Å². The number of aromatic nitrogens is 1. The Hall–Kier alpha value is -9.61. The number of fused-ring (bicyclic) bond motifs is 9. The number of nitrogens with zero attached hydrogens (tertiary/aromatic N) is 2. The smallest absolute Gasteiger partial charge is 0.249 e. The Kier molecular flexibility index (Phi) is 12.1. The summed E-state index contributed by atoms with van der Waals surface area (Å²) in [6.45, 7) is 14.1. The van der Waals surface area contributed by atoms with Crippen LogP contribution in [0.15, 0.2) is 283 Å². The molecule has 13 aromatic carbocycles. The Morgan fingerprint density at radius 3 is 1.29 bits per heavy atom. The molecular formula is C82H63BN2S. The first-order valence-electron chi connectivity index (χ1n) is 30.3. The summed E-state index contributed by atoms with van der Waals surface area (Å²) in [4.78, 5) is 5.31. The van der Waals surface area contributed by atoms with Crippen molar-refractivity contribution in [2.45, 2.75) is 62.2 Å². The highest BCUT2D eigenvalue weighted by molar-refractivity contribution is 8.00. The summed E-state index contributed by atoms with van der Waals surface area (Å²) in [6.07, 6.45) is 0. The molecule has 0 N–H and O–H groups in total. The molecule has 0 bridgehead atoms. The van der Waals surface area contributed by atoms with Crippen LogP contribution >= 0.6 is 11.8 Å². The molecule has 2 aliphatic heterocycles. The number of anilines is 3. The van der Waals surface area contributed by atoms with Crippen molar-refractivity contribution in [1.82, 2.24) is 4.57 Å². The SMILES string of the molecule is CC(C)(C)c1cc(-c2ccccc2)c(N2c3cc(-c4c5ccccc5c(-c5ccc(-c6ccccc6)cc5)c5ccccc45)ccc3B3c4ccc(-n5c6ccccc6c6ccccc65)cc4Sc4cc(C(C)(C)C)cc2c43)c(-c2ccccc2)c1. The maximum atomic E-state index is 2.71. The zero-order chi connectivity index (χ0) is 58.0. The molecule has 0 spiro atoms. The molecular weight excluding hydrogens is 1060 g/mol. The van der Waals surface area contributed by atoms with Crippen molar-refractivity contribution in [1.29, 1.82) is 0 Å². The van der Waals surface area contributed by atoms with Crippen LogP contribution in [0.25, 0.3) is 105 Å². The van der Waals surface area contributed by atoms with Gasteiger partial charge in [-0.25, -0.2) is 0 Å². The second kappa shape index (κ2) is 20.0. The van der Waals surface area contributed by atoms with Crippen LogP contribution < -0.4 is 21.3 Å². The van der Waals surface area contributed by atoms with Crippen LogP contribution in [0.3, 0.4) is 0 Å². The van der Waals surface area contributed by atoms with E-state index in [2.05, 4.69) is 324 Å². The Morgan fingerprint density at radius 1 is 0.326 bits per heavy atom. The third-order valence-corrected chi connectivity index (χ3v) is 19.5. The van der Waals surface area contributed by atoms with E-state index in [1.165, 1.54) is 159 Å². The third-order valence-electron chi connectivity index (χ3n) is 18.3. The van der Waals surface area contributed by atoms with Crippen molar-refractivity contribution in [3.05, 3.63) is 284 Å². The minimum absolute atomic E-state index is 0.0540. The number of rotatable bonds is 7. The van der Waals surface area contributed by atoms with E-state index in [1.54, 1.807) is 0 Å². The molecule has 0 amide bonds. The van der Waals surface area contributed by atoms with Crippen LogP contribution in [0.5, 0.6) is 0 Å². The molecule has 0 atom stereocenters. The molecule has 3 heterocycles. The number of hydrogen-bond acceptors (Lipinski definition) is 2. The first-order valence-corrected chi connectivity index (χ1v) is 31.1. The topological polar surface area (TPSA) is 8.17 Å². The summed E-state index contributed by atoms with van der Waals surface area (Å²) >= 11 is 1.94. The monoisotopic (exact) mass is 1120 g/mol. The molecule has 0 aliphatic carbocycles. The second-order valence-corrected chi connectivity index (χ2v) is 26.7. The zero-order valence-corrected chi connectivity index (χ0v) is 50.2. The lowest BCUT2D eigenvalue weighted by Crippen LogP contribution is -2.60. The second-order valence-electron chi connectivity index (χ2n) is 25.6. The molecule has 1 aromatic heterocycles. The lowest BCUT2D eigenvalue weighted by atomic mass is 9.34. The summed E-state index contributed by atoms with van der Waals surface area (Å²) in [5.74, 6) is 0. The van der Waals surface area contributed by atoms with Crippen molar-refractivity contribution in [3.63, 3.8) is 0 Å². The molecule has 14 aromatic rings. The van der Waals surface area contributed by atoms with Gasteiger partial charge in [0.25, 0.3) is 0 Å². The molecule has 16 rings (SSSR count). The van der Waals surface area contributed by atoms with Gasteiger partial charge in [0, 0.05) is 48.8 Å². The van der Waals surface area contributed by atoms with E-state index in [1.807, 2.05) is 11.8 Å². The van der Waals surface area contributed by atoms with Gasteiger partial charge in [-0.15, -0.1) is 0 Å². The molecule has 0 saturated carbocycles. The largest absolute Gasteiger partial charge is 0.310 e. The summed E-state index contributed by atoms with van der Waals surface area (Å²) in [7, 11) is 0. The molecule has 2 nitrogen and oxygen atoms in total. The highest BCUT2D eigenvalue weighted by Gasteiger charge is 2.43. The van der Waals surface area contributed by atoms with Crippen LogP contribution in [0.2, 0.25) is 0 Å². The van der Waals surface area contributed by atoms with Crippen molar-refractivity contribution in [2.75, 3.05) is 4.90 Å². The summed E-state index contributed by atoms with van der Waals surface area (Å²) in [6, 6.07) is 103. The van der Waals surface area contributed by atoms with Crippen molar-refractivity contribution >= 4 is 95.3 Å². The maximum absolute atomic E-state index is 2.71. The first kappa shape index (κ1) is 52.0. The number of benzene rings is 13. The van der Waals surface area contributed by atoms with Gasteiger partial charge in [0.05, 0.1) is 16.7 Å². The number of hydrogen-bond donors (Lipinski definition) is 0. The zero-order valence-electron chi connectivity index (χ0n) is 49.4. The van der Waals surface area contributed by atoms with Crippen LogP contribution in [0, 0.1) is 0 Å². The molecule has 0 fully saturated rings. The molecule has 4 heteroatoms. The van der Waals surface area contributed by atoms with Crippen LogP contribution in [0.4, 0.5) is 17.1 Å². The Balaban J connectivity index is 0.998. The maximum Gasteiger partial charge on any atom is 0.249 e. The molecule has 86 heavy (non-hydrogen) atoms. The lowest BCUT2D eigenvalue weighted by Gasteiger charge is -2.43. The Labute approximate surface area is 509 Å². The van der Waals surface area contributed by atoms with Crippen molar-refractivity contribution in [3.8, 4) is 61.3 Å². The molecule has 410 valence electrons. The van der Waals surface area contributed by atoms with E-state index in [-0.39, 0.29) is 17.5 Å². The van der Waals surface area contributed by atoms with Gasteiger partial charge in [-0.3, -0.25) is 0 Å². The predicted molar refractivity (Wildman–Crippen MR) is 370 cm³/mol. The predicted octanol–water partition coefficient (Wildman–Crippen LogP) is 20.8. The summed E-state index contributed by atoms with van der Waals surface area (Å²) in [5, 5.41) is 7.47. The average molecular weight is 1120 g/mol. The van der Waals surface area contributed by atoms with E-state index in [0.29, 0.717) is 0 Å². The van der Waals surface area contributed by atoms with Crippen molar-refractivity contribution in [2.24, 2.45) is 0 Å². The van der Waals surface area contributed by atoms with E-state index in [9.17, 15) is 0 Å². The summed E-state index contributed by atoms with van der Waals surface area (Å²) in [5.41, 5.74) is 25.6. The van der Waals surface area contributed by atoms with Crippen molar-refractivity contribution < 1.29 is 0 Å². The Morgan fingerprint density at radius 2 is 0.756 bits per heavy atom. The van der Waals surface area contributed by atoms with Gasteiger partial charge in [-0.1, -0.05) is 277 Å². The molecule has 0 unspecified atom stereocenters. The van der Waals surface area contributed by atoms with Crippen LogP contribution in [-0.2, 0) is 10.8 Å². The minimum atomic E-state index is -0.164. The van der Waals surface area contributed by atoms with Gasteiger partial charge in [-0.2, -0.15) is 0 Å². The summed E-state index contributed by atoms with van der Waals surface area (Å²) < 4.78 is 2.47. The fourth-order valence-electron chi connectivity index (χ4n) is 14.1. The van der Waals surface area contributed by atoms with Gasteiger partial charge in [0.2, 0.25) is 6.71 Å². The fraction of sp³-hybridized carbons (Fsp3) is 0.0976. The lowest BCUT2D eigenvalue weighted by molar-refractivity contribution is 0.589. The molecule has 0 saturated heterocycles. The average Bonchev–Trinajstić information content (AvgIpc) is 0.927. The highest BCUT2D eigenvalue weighted by atomic mass is 32.2. The van der Waals surface area contributed by atoms with E-state index in [0.717, 1.165) is 0 Å². The van der Waals surface area contributed by atoms with Gasteiger partial charge in [-0.05, 0) is 154 Å². The Bertz CT molecular complexity index is 4860. The molecule has 0 radical (unpaired) electrons. The standard InChI is InChI=1S/C82H63BN2S/c1-81(2,3)58-47-67(54-26-12-8-13-27-54)80(68(48-58)55-28-14-9-15-29-55)85-73-46-57(78-65-34-18-16-32-63(65)77(64-33-17-19-35-66(64)78)56-40-38-53(39-41-56)52-24-10-7-11-25-52)42-44-69(73)83-70-45-43-60(84-71-36-22-20-30-61(71)62-31-21-23-37-72(62)84)51-75(70)86-76-50-59(82(4,5)6)49-74(85)79(76)83/h7-51H,1-6H3. The molecule has 2 aliphatic rings. The quantitative estimate of drug-likeness (QED) is 0.116. The van der Waals surface area contributed by atoms with Gasteiger partial charge >= 0.3 is 0 Å². The fourth-order valence-corrected chi connectivity index (χ4v) is 15.3. The normalized spacial score (nSPS) is 12.9. The van der Waals surface area contributed by atoms with Gasteiger partial charge in [0.15, 0.2) is 0 Å². The number of para-hydroxylation sites is 2. The van der Waals surface area contributed by atoms with E-state index >= 15 is 0 Å². The third kappa shape index (κ3) is 8.40. The van der Waals surface area contributed by atoms with E-state index < -0.39 is 0 Å². The van der Waals surface area contributed by atoms with Crippen LogP contribution in [-0.4, -0.2) is 11.3 Å². The minimum Gasteiger partial charge on any atom is -0.310 e. The van der Waals surface area contributed by atoms with Gasteiger partial charge < -0.3 is 9.47 Å². The highest BCUT2D eigenvalue weighted by Crippen LogP contribution is 2.53. The van der Waals surface area contributed by atoms with E-state index in [4.69, 9.17) is 0 Å².